The number of carbonyl (C=O) groups excluding carboxylic acids is 1. The zero-order chi connectivity index (χ0) is 15.4. The van der Waals surface area contributed by atoms with Crippen LogP contribution in [0.5, 0.6) is 0 Å². The van der Waals surface area contributed by atoms with Crippen molar-refractivity contribution in [1.29, 1.82) is 0 Å². The van der Waals surface area contributed by atoms with Gasteiger partial charge in [0.25, 0.3) is 0 Å². The Morgan fingerprint density at radius 2 is 2.00 bits per heavy atom. The molecule has 1 aliphatic heterocycles. The van der Waals surface area contributed by atoms with Crippen LogP contribution in [0.25, 0.3) is 5.57 Å². The maximum atomic E-state index is 11.8. The van der Waals surface area contributed by atoms with Crippen LogP contribution in [-0.2, 0) is 4.74 Å². The van der Waals surface area contributed by atoms with E-state index in [-0.39, 0.29) is 5.97 Å². The lowest BCUT2D eigenvalue weighted by Gasteiger charge is -2.28. The average molecular weight is 307 g/mol. The van der Waals surface area contributed by atoms with Crippen molar-refractivity contribution in [3.05, 3.63) is 27.0 Å². The summed E-state index contributed by atoms with van der Waals surface area (Å²) < 4.78 is 4.86. The quantitative estimate of drug-likeness (QED) is 0.784. The van der Waals surface area contributed by atoms with Gasteiger partial charge in [-0.05, 0) is 43.9 Å². The SMILES string of the molecule is CCC(=C1CCN(CC)CC1)c1scc(C(=O)OC)c1C. The van der Waals surface area contributed by atoms with Gasteiger partial charge in [0.1, 0.15) is 0 Å². The molecule has 4 heteroatoms. The minimum atomic E-state index is -0.226. The summed E-state index contributed by atoms with van der Waals surface area (Å²) in [4.78, 5) is 15.6. The molecule has 1 aromatic heterocycles. The van der Waals surface area contributed by atoms with Gasteiger partial charge in [-0.3, -0.25) is 0 Å². The van der Waals surface area contributed by atoms with Gasteiger partial charge < -0.3 is 9.64 Å². The lowest BCUT2D eigenvalue weighted by Crippen LogP contribution is -2.30. The summed E-state index contributed by atoms with van der Waals surface area (Å²) in [5, 5.41) is 1.94. The summed E-state index contributed by atoms with van der Waals surface area (Å²) in [6.45, 7) is 9.93. The Balaban J connectivity index is 2.30. The van der Waals surface area contributed by atoms with Crippen LogP contribution in [0.3, 0.4) is 0 Å². The largest absolute Gasteiger partial charge is 0.465 e. The van der Waals surface area contributed by atoms with Gasteiger partial charge in [0.05, 0.1) is 12.7 Å². The molecular weight excluding hydrogens is 282 g/mol. The molecule has 0 radical (unpaired) electrons. The van der Waals surface area contributed by atoms with E-state index < -0.39 is 0 Å². The number of esters is 1. The van der Waals surface area contributed by atoms with Crippen molar-refractivity contribution in [1.82, 2.24) is 4.90 Å². The molecule has 0 saturated carbocycles. The number of allylic oxidation sites excluding steroid dienone is 1. The fourth-order valence-corrected chi connectivity index (χ4v) is 4.26. The van der Waals surface area contributed by atoms with Crippen molar-refractivity contribution in [2.24, 2.45) is 0 Å². The van der Waals surface area contributed by atoms with Crippen molar-refractivity contribution in [3.8, 4) is 0 Å². The van der Waals surface area contributed by atoms with E-state index in [9.17, 15) is 4.79 Å². The molecule has 3 nitrogen and oxygen atoms in total. The highest BCUT2D eigenvalue weighted by molar-refractivity contribution is 7.11. The number of methoxy groups -OCH3 is 1. The topological polar surface area (TPSA) is 29.5 Å². The Morgan fingerprint density at radius 3 is 2.52 bits per heavy atom. The molecule has 0 amide bonds. The van der Waals surface area contributed by atoms with Gasteiger partial charge in [-0.1, -0.05) is 19.4 Å². The molecule has 0 atom stereocenters. The van der Waals surface area contributed by atoms with Crippen LogP contribution in [-0.4, -0.2) is 37.6 Å². The average Bonchev–Trinajstić information content (AvgIpc) is 2.90. The van der Waals surface area contributed by atoms with Gasteiger partial charge in [-0.15, -0.1) is 11.3 Å². The number of piperidine rings is 1. The van der Waals surface area contributed by atoms with Crippen LogP contribution in [0.4, 0.5) is 0 Å². The summed E-state index contributed by atoms with van der Waals surface area (Å²) in [7, 11) is 1.44. The smallest absolute Gasteiger partial charge is 0.338 e. The summed E-state index contributed by atoms with van der Waals surface area (Å²) in [5.74, 6) is -0.226. The Labute approximate surface area is 131 Å². The number of nitrogens with zero attached hydrogens (tertiary/aromatic N) is 1. The van der Waals surface area contributed by atoms with Crippen LogP contribution >= 0.6 is 11.3 Å². The van der Waals surface area contributed by atoms with Crippen LogP contribution in [0.2, 0.25) is 0 Å². The van der Waals surface area contributed by atoms with Gasteiger partial charge in [0.2, 0.25) is 0 Å². The molecule has 21 heavy (non-hydrogen) atoms. The van der Waals surface area contributed by atoms with E-state index in [0.29, 0.717) is 0 Å². The molecular formula is C17H25NO2S. The number of likely N-dealkylation sites (tertiary alicyclic amines) is 1. The minimum absolute atomic E-state index is 0.226. The number of thiophene rings is 1. The molecule has 116 valence electrons. The van der Waals surface area contributed by atoms with Crippen molar-refractivity contribution in [2.75, 3.05) is 26.7 Å². The monoisotopic (exact) mass is 307 g/mol. The van der Waals surface area contributed by atoms with Gasteiger partial charge in [0, 0.05) is 23.3 Å². The number of carbonyl (C=O) groups is 1. The predicted molar refractivity (Wildman–Crippen MR) is 89.0 cm³/mol. The third kappa shape index (κ3) is 3.38. The first-order chi connectivity index (χ1) is 10.1. The van der Waals surface area contributed by atoms with E-state index in [0.717, 1.165) is 50.0 Å². The molecule has 1 aliphatic rings. The number of rotatable bonds is 4. The standard InChI is InChI=1S/C17H25NO2S/c1-5-14(13-7-9-18(6-2)10-8-13)16-12(3)15(11-21-16)17(19)20-4/h11H,5-10H2,1-4H3. The Bertz CT molecular complexity index is 535. The molecule has 1 aromatic rings. The summed E-state index contributed by atoms with van der Waals surface area (Å²) in [6, 6.07) is 0. The van der Waals surface area contributed by atoms with E-state index in [4.69, 9.17) is 4.74 Å². The number of ether oxygens (including phenoxy) is 1. The second-order valence-electron chi connectivity index (χ2n) is 5.47. The predicted octanol–water partition coefficient (Wildman–Crippen LogP) is 4.12. The zero-order valence-corrected chi connectivity index (χ0v) is 14.3. The van der Waals surface area contributed by atoms with Gasteiger partial charge >= 0.3 is 5.97 Å². The zero-order valence-electron chi connectivity index (χ0n) is 13.5. The highest BCUT2D eigenvalue weighted by Crippen LogP contribution is 2.36. The summed E-state index contributed by atoms with van der Waals surface area (Å²) >= 11 is 1.68. The molecule has 0 bridgehead atoms. The highest BCUT2D eigenvalue weighted by Gasteiger charge is 2.21. The maximum absolute atomic E-state index is 11.8. The number of hydrogen-bond acceptors (Lipinski definition) is 4. The van der Waals surface area contributed by atoms with Crippen LogP contribution in [0.15, 0.2) is 11.0 Å². The normalized spacial score (nSPS) is 16.1. The number of hydrogen-bond donors (Lipinski definition) is 0. The Kier molecular flexibility index (Phi) is 5.59. The second kappa shape index (κ2) is 7.23. The third-order valence-corrected chi connectivity index (χ3v) is 5.55. The molecule has 0 N–H and O–H groups in total. The van der Waals surface area contributed by atoms with Gasteiger partial charge in [0.15, 0.2) is 0 Å². The second-order valence-corrected chi connectivity index (χ2v) is 6.34. The van der Waals surface area contributed by atoms with Crippen molar-refractivity contribution >= 4 is 22.9 Å². The first-order valence-corrected chi connectivity index (χ1v) is 8.60. The van der Waals surface area contributed by atoms with E-state index >= 15 is 0 Å². The van der Waals surface area contributed by atoms with E-state index in [2.05, 4.69) is 18.7 Å². The van der Waals surface area contributed by atoms with Crippen LogP contribution < -0.4 is 0 Å². The Morgan fingerprint density at radius 1 is 1.33 bits per heavy atom. The highest BCUT2D eigenvalue weighted by atomic mass is 32.1. The molecule has 0 unspecified atom stereocenters. The van der Waals surface area contributed by atoms with E-state index in [1.807, 2.05) is 12.3 Å². The maximum Gasteiger partial charge on any atom is 0.338 e. The summed E-state index contributed by atoms with van der Waals surface area (Å²) in [6.07, 6.45) is 3.34. The van der Waals surface area contributed by atoms with Crippen molar-refractivity contribution in [2.45, 2.75) is 40.0 Å². The molecule has 1 saturated heterocycles. The van der Waals surface area contributed by atoms with Gasteiger partial charge in [-0.2, -0.15) is 0 Å². The molecule has 2 heterocycles. The summed E-state index contributed by atoms with van der Waals surface area (Å²) in [5.41, 5.74) is 4.82. The molecule has 0 spiro atoms. The Hall–Kier alpha value is -1.13. The lowest BCUT2D eigenvalue weighted by atomic mass is 9.93. The molecule has 2 rings (SSSR count). The first kappa shape index (κ1) is 16.2. The van der Waals surface area contributed by atoms with Crippen LogP contribution in [0.1, 0.15) is 53.9 Å². The molecule has 0 aromatic carbocycles. The third-order valence-electron chi connectivity index (χ3n) is 4.41. The van der Waals surface area contributed by atoms with E-state index in [1.165, 1.54) is 17.6 Å². The first-order valence-electron chi connectivity index (χ1n) is 7.72. The van der Waals surface area contributed by atoms with Crippen molar-refractivity contribution < 1.29 is 9.53 Å². The molecule has 0 aliphatic carbocycles. The fourth-order valence-electron chi connectivity index (χ4n) is 3.04. The van der Waals surface area contributed by atoms with Crippen LogP contribution in [0, 0.1) is 6.92 Å². The van der Waals surface area contributed by atoms with E-state index in [1.54, 1.807) is 16.9 Å². The molecule has 1 fully saturated rings. The lowest BCUT2D eigenvalue weighted by molar-refractivity contribution is 0.0600. The van der Waals surface area contributed by atoms with Crippen molar-refractivity contribution in [3.63, 3.8) is 0 Å². The minimum Gasteiger partial charge on any atom is -0.465 e. The fraction of sp³-hybridized carbons (Fsp3) is 0.588. The van der Waals surface area contributed by atoms with Gasteiger partial charge in [-0.25, -0.2) is 4.79 Å².